The Morgan fingerprint density at radius 3 is 2.83 bits per heavy atom. The van der Waals surface area contributed by atoms with Crippen LogP contribution in [0.25, 0.3) is 0 Å². The number of ether oxygens (including phenoxy) is 1. The molecule has 2 aromatic carbocycles. The van der Waals surface area contributed by atoms with Gasteiger partial charge in [-0.1, -0.05) is 18.1 Å². The van der Waals surface area contributed by atoms with Gasteiger partial charge in [-0.3, -0.25) is 4.79 Å². The third-order valence-corrected chi connectivity index (χ3v) is 2.83. The number of hydrogen-bond donors (Lipinski definition) is 3. The number of nitrogens with zero attached hydrogens (tertiary/aromatic N) is 1. The highest BCUT2D eigenvalue weighted by Crippen LogP contribution is 2.22. The number of hydrogen-bond acceptors (Lipinski definition) is 5. The lowest BCUT2D eigenvalue weighted by atomic mass is 10.2. The molecule has 0 aliphatic heterocycles. The molecule has 2 aromatic rings. The summed E-state index contributed by atoms with van der Waals surface area (Å²) < 4.78 is 5.35. The number of phenols is 2. The van der Waals surface area contributed by atoms with Crippen molar-refractivity contribution in [2.24, 2.45) is 5.10 Å². The molecule has 0 saturated heterocycles. The fourth-order valence-electron chi connectivity index (χ4n) is 1.77. The Labute approximate surface area is 133 Å². The molecular weight excluding hydrogens is 296 g/mol. The molecule has 1 amide bonds. The SMILES string of the molecule is C#CCOc1ccccc1/C=N/NC(=O)c1ccc(O)cc1O. The van der Waals surface area contributed by atoms with Gasteiger partial charge in [0.1, 0.15) is 23.9 Å². The second kappa shape index (κ2) is 7.52. The maximum atomic E-state index is 11.9. The van der Waals surface area contributed by atoms with Crippen LogP contribution in [-0.2, 0) is 0 Å². The number of amides is 1. The average Bonchev–Trinajstić information content (AvgIpc) is 2.53. The fraction of sp³-hybridized carbons (Fsp3) is 0.0588. The zero-order valence-electron chi connectivity index (χ0n) is 12.1. The van der Waals surface area contributed by atoms with Crippen LogP contribution in [-0.4, -0.2) is 28.9 Å². The summed E-state index contributed by atoms with van der Waals surface area (Å²) in [6.07, 6.45) is 6.55. The maximum Gasteiger partial charge on any atom is 0.275 e. The number of benzene rings is 2. The molecule has 0 aromatic heterocycles. The summed E-state index contributed by atoms with van der Waals surface area (Å²) in [5.41, 5.74) is 2.92. The molecule has 0 radical (unpaired) electrons. The van der Waals surface area contributed by atoms with E-state index in [1.54, 1.807) is 24.3 Å². The molecule has 0 spiro atoms. The summed E-state index contributed by atoms with van der Waals surface area (Å²) in [5, 5.41) is 22.6. The van der Waals surface area contributed by atoms with Gasteiger partial charge in [-0.25, -0.2) is 5.43 Å². The first kappa shape index (κ1) is 15.9. The number of carbonyl (C=O) groups is 1. The van der Waals surface area contributed by atoms with Gasteiger partial charge in [0.25, 0.3) is 5.91 Å². The van der Waals surface area contributed by atoms with E-state index in [1.165, 1.54) is 18.3 Å². The number of para-hydroxylation sites is 1. The lowest BCUT2D eigenvalue weighted by Crippen LogP contribution is -2.17. The Hall–Kier alpha value is -3.46. The van der Waals surface area contributed by atoms with Crippen LogP contribution in [0.3, 0.4) is 0 Å². The lowest BCUT2D eigenvalue weighted by Gasteiger charge is -2.06. The number of carbonyl (C=O) groups excluding carboxylic acids is 1. The Morgan fingerprint density at radius 1 is 1.30 bits per heavy atom. The molecule has 0 fully saturated rings. The summed E-state index contributed by atoms with van der Waals surface area (Å²) in [5.74, 6) is 1.82. The summed E-state index contributed by atoms with van der Waals surface area (Å²) >= 11 is 0. The minimum absolute atomic E-state index is 0.00295. The van der Waals surface area contributed by atoms with Gasteiger partial charge in [-0.15, -0.1) is 6.42 Å². The predicted molar refractivity (Wildman–Crippen MR) is 85.6 cm³/mol. The van der Waals surface area contributed by atoms with E-state index in [4.69, 9.17) is 11.2 Å². The van der Waals surface area contributed by atoms with Crippen molar-refractivity contribution in [3.05, 3.63) is 53.6 Å². The number of aromatic hydroxyl groups is 2. The maximum absolute atomic E-state index is 11.9. The van der Waals surface area contributed by atoms with Gasteiger partial charge < -0.3 is 14.9 Å². The second-order valence-electron chi connectivity index (χ2n) is 4.43. The topological polar surface area (TPSA) is 91.2 Å². The quantitative estimate of drug-likeness (QED) is 0.447. The van der Waals surface area contributed by atoms with Gasteiger partial charge in [-0.2, -0.15) is 5.10 Å². The van der Waals surface area contributed by atoms with Crippen molar-refractivity contribution in [2.45, 2.75) is 0 Å². The molecule has 0 atom stereocenters. The van der Waals surface area contributed by atoms with Crippen molar-refractivity contribution in [1.29, 1.82) is 0 Å². The molecule has 0 aliphatic carbocycles. The monoisotopic (exact) mass is 310 g/mol. The largest absolute Gasteiger partial charge is 0.508 e. The Balaban J connectivity index is 2.07. The molecule has 116 valence electrons. The van der Waals surface area contributed by atoms with Crippen molar-refractivity contribution >= 4 is 12.1 Å². The first-order valence-corrected chi connectivity index (χ1v) is 6.62. The Morgan fingerprint density at radius 2 is 2.09 bits per heavy atom. The first-order valence-electron chi connectivity index (χ1n) is 6.62. The molecule has 0 heterocycles. The fourth-order valence-corrected chi connectivity index (χ4v) is 1.77. The lowest BCUT2D eigenvalue weighted by molar-refractivity contribution is 0.0952. The minimum Gasteiger partial charge on any atom is -0.508 e. The van der Waals surface area contributed by atoms with E-state index in [0.29, 0.717) is 11.3 Å². The van der Waals surface area contributed by atoms with E-state index >= 15 is 0 Å². The van der Waals surface area contributed by atoms with Crippen molar-refractivity contribution in [3.63, 3.8) is 0 Å². The van der Waals surface area contributed by atoms with E-state index in [1.807, 2.05) is 0 Å². The molecule has 6 nitrogen and oxygen atoms in total. The number of hydrazone groups is 1. The van der Waals surface area contributed by atoms with Crippen LogP contribution in [0.15, 0.2) is 47.6 Å². The van der Waals surface area contributed by atoms with E-state index in [9.17, 15) is 15.0 Å². The van der Waals surface area contributed by atoms with E-state index < -0.39 is 5.91 Å². The van der Waals surface area contributed by atoms with Gasteiger partial charge >= 0.3 is 0 Å². The average molecular weight is 310 g/mol. The molecule has 0 unspecified atom stereocenters. The molecule has 0 bridgehead atoms. The van der Waals surface area contributed by atoms with Crippen LogP contribution in [0.4, 0.5) is 0 Å². The molecule has 23 heavy (non-hydrogen) atoms. The molecular formula is C17H14N2O4. The smallest absolute Gasteiger partial charge is 0.275 e. The van der Waals surface area contributed by atoms with E-state index in [2.05, 4.69) is 16.4 Å². The van der Waals surface area contributed by atoms with E-state index in [-0.39, 0.29) is 23.7 Å². The first-order chi connectivity index (χ1) is 11.1. The van der Waals surface area contributed by atoms with Gasteiger partial charge in [-0.05, 0) is 24.3 Å². The molecule has 0 aliphatic rings. The van der Waals surface area contributed by atoms with Gasteiger partial charge in [0, 0.05) is 11.6 Å². The number of terminal acetylenes is 1. The van der Waals surface area contributed by atoms with Crippen LogP contribution in [0.1, 0.15) is 15.9 Å². The minimum atomic E-state index is -0.610. The van der Waals surface area contributed by atoms with Crippen LogP contribution < -0.4 is 10.2 Å². The van der Waals surface area contributed by atoms with Crippen LogP contribution in [0, 0.1) is 12.3 Å². The van der Waals surface area contributed by atoms with E-state index in [0.717, 1.165) is 6.07 Å². The third kappa shape index (κ3) is 4.25. The van der Waals surface area contributed by atoms with Gasteiger partial charge in [0.15, 0.2) is 0 Å². The summed E-state index contributed by atoms with van der Waals surface area (Å²) in [6.45, 7) is 0.124. The highest BCUT2D eigenvalue weighted by Gasteiger charge is 2.10. The van der Waals surface area contributed by atoms with Gasteiger partial charge in [0.05, 0.1) is 11.8 Å². The normalized spacial score (nSPS) is 10.2. The summed E-state index contributed by atoms with van der Waals surface area (Å²) in [7, 11) is 0. The summed E-state index contributed by atoms with van der Waals surface area (Å²) in [6, 6.07) is 10.7. The van der Waals surface area contributed by atoms with Gasteiger partial charge in [0.2, 0.25) is 0 Å². The Bertz CT molecular complexity index is 778. The van der Waals surface area contributed by atoms with Crippen molar-refractivity contribution < 1.29 is 19.7 Å². The second-order valence-corrected chi connectivity index (χ2v) is 4.43. The number of nitrogens with one attached hydrogen (secondary N) is 1. The Kier molecular flexibility index (Phi) is 5.21. The van der Waals surface area contributed by atoms with Crippen LogP contribution >= 0.6 is 0 Å². The highest BCUT2D eigenvalue weighted by atomic mass is 16.5. The predicted octanol–water partition coefficient (Wildman–Crippen LogP) is 1.87. The van der Waals surface area contributed by atoms with Crippen molar-refractivity contribution in [3.8, 4) is 29.6 Å². The molecule has 0 saturated carbocycles. The van der Waals surface area contributed by atoms with Crippen LogP contribution in [0.5, 0.6) is 17.2 Å². The molecule has 3 N–H and O–H groups in total. The molecule has 2 rings (SSSR count). The zero-order chi connectivity index (χ0) is 16.7. The zero-order valence-corrected chi connectivity index (χ0v) is 12.1. The standard InChI is InChI=1S/C17H14N2O4/c1-2-9-23-16-6-4-3-5-12(16)11-18-19-17(22)14-8-7-13(20)10-15(14)21/h1,3-8,10-11,20-21H,9H2,(H,19,22)/b18-11+. The number of rotatable bonds is 5. The summed E-state index contributed by atoms with van der Waals surface area (Å²) in [4.78, 5) is 11.9. The molecule has 6 heteroatoms. The third-order valence-electron chi connectivity index (χ3n) is 2.83. The van der Waals surface area contributed by atoms with Crippen molar-refractivity contribution in [1.82, 2.24) is 5.43 Å². The van der Waals surface area contributed by atoms with Crippen molar-refractivity contribution in [2.75, 3.05) is 6.61 Å². The number of phenolic OH excluding ortho intramolecular Hbond substituents is 2. The highest BCUT2D eigenvalue weighted by molar-refractivity contribution is 5.97. The van der Waals surface area contributed by atoms with Crippen LogP contribution in [0.2, 0.25) is 0 Å².